The molecule has 0 fully saturated rings. The van der Waals surface area contributed by atoms with Gasteiger partial charge in [-0.1, -0.05) is 48.5 Å². The second-order valence-electron chi connectivity index (χ2n) is 3.96. The second kappa shape index (κ2) is 5.36. The molecule has 2 aromatic rings. The molecule has 1 atom stereocenters. The minimum absolute atomic E-state index is 0.582. The normalized spacial score (nSPS) is 11.8. The molecule has 0 aliphatic rings. The smallest absolute Gasteiger partial charge is 0.344 e. The van der Waals surface area contributed by atoms with E-state index in [-0.39, 0.29) is 0 Å². The first-order valence-electron chi connectivity index (χ1n) is 5.72. The van der Waals surface area contributed by atoms with Crippen LogP contribution >= 0.6 is 0 Å². The molecule has 0 spiro atoms. The molecule has 2 rings (SSSR count). The summed E-state index contributed by atoms with van der Waals surface area (Å²) in [6, 6.07) is 17.2. The number of benzene rings is 2. The molecule has 0 saturated heterocycles. The molecule has 3 heteroatoms. The number of carbonyl (C=O) groups is 1. The Hall–Kier alpha value is -2.29. The highest BCUT2D eigenvalue weighted by Crippen LogP contribution is 2.30. The van der Waals surface area contributed by atoms with E-state index in [1.54, 1.807) is 6.07 Å². The predicted molar refractivity (Wildman–Crippen MR) is 69.6 cm³/mol. The Morgan fingerprint density at radius 1 is 1.06 bits per heavy atom. The van der Waals surface area contributed by atoms with E-state index in [4.69, 9.17) is 9.84 Å². The fraction of sp³-hybridized carbons (Fsp3) is 0.133. The Morgan fingerprint density at radius 3 is 2.33 bits per heavy atom. The zero-order chi connectivity index (χ0) is 13.0. The predicted octanol–water partition coefficient (Wildman–Crippen LogP) is 3.21. The molecule has 3 nitrogen and oxygen atoms in total. The average molecular weight is 242 g/mol. The minimum atomic E-state index is -0.974. The van der Waals surface area contributed by atoms with Crippen LogP contribution in [0.2, 0.25) is 0 Å². The van der Waals surface area contributed by atoms with E-state index < -0.39 is 12.1 Å². The fourth-order valence-electron chi connectivity index (χ4n) is 1.67. The molecule has 1 N–H and O–H groups in total. The van der Waals surface area contributed by atoms with E-state index in [9.17, 15) is 4.79 Å². The van der Waals surface area contributed by atoms with Crippen LogP contribution in [-0.4, -0.2) is 17.2 Å². The molecule has 0 aliphatic heterocycles. The molecule has 2 aromatic carbocycles. The Kier molecular flexibility index (Phi) is 3.63. The van der Waals surface area contributed by atoms with Gasteiger partial charge in [-0.3, -0.25) is 0 Å². The number of para-hydroxylation sites is 1. The van der Waals surface area contributed by atoms with Crippen molar-refractivity contribution in [2.45, 2.75) is 13.0 Å². The number of hydrogen-bond acceptors (Lipinski definition) is 2. The van der Waals surface area contributed by atoms with Gasteiger partial charge in [0.25, 0.3) is 0 Å². The third-order valence-corrected chi connectivity index (χ3v) is 2.62. The molecule has 0 saturated carbocycles. The lowest BCUT2D eigenvalue weighted by atomic mass is 10.0. The van der Waals surface area contributed by atoms with Crippen LogP contribution in [0.5, 0.6) is 5.75 Å². The lowest BCUT2D eigenvalue weighted by molar-refractivity contribution is -0.144. The van der Waals surface area contributed by atoms with Crippen molar-refractivity contribution in [1.82, 2.24) is 0 Å². The monoisotopic (exact) mass is 242 g/mol. The Morgan fingerprint density at radius 2 is 1.67 bits per heavy atom. The van der Waals surface area contributed by atoms with E-state index >= 15 is 0 Å². The summed E-state index contributed by atoms with van der Waals surface area (Å²) in [7, 11) is 0. The third-order valence-electron chi connectivity index (χ3n) is 2.62. The average Bonchev–Trinajstić information content (AvgIpc) is 2.40. The fourth-order valence-corrected chi connectivity index (χ4v) is 1.67. The first-order chi connectivity index (χ1) is 8.68. The van der Waals surface area contributed by atoms with E-state index in [1.165, 1.54) is 6.92 Å². The molecule has 0 amide bonds. The summed E-state index contributed by atoms with van der Waals surface area (Å²) in [5.74, 6) is -0.392. The molecular weight excluding hydrogens is 228 g/mol. The van der Waals surface area contributed by atoms with Crippen molar-refractivity contribution < 1.29 is 14.6 Å². The van der Waals surface area contributed by atoms with Gasteiger partial charge in [-0.25, -0.2) is 4.79 Å². The molecule has 0 unspecified atom stereocenters. The maximum atomic E-state index is 10.8. The van der Waals surface area contributed by atoms with Gasteiger partial charge >= 0.3 is 5.97 Å². The second-order valence-corrected chi connectivity index (χ2v) is 3.96. The van der Waals surface area contributed by atoms with Gasteiger partial charge in [-0.15, -0.1) is 0 Å². The van der Waals surface area contributed by atoms with Crippen LogP contribution in [0.15, 0.2) is 54.6 Å². The van der Waals surface area contributed by atoms with Crippen molar-refractivity contribution in [2.75, 3.05) is 0 Å². The first kappa shape index (κ1) is 12.2. The van der Waals surface area contributed by atoms with E-state index in [0.717, 1.165) is 11.1 Å². The van der Waals surface area contributed by atoms with Crippen molar-refractivity contribution in [1.29, 1.82) is 0 Å². The number of rotatable bonds is 4. The van der Waals surface area contributed by atoms with Gasteiger partial charge in [0, 0.05) is 5.56 Å². The van der Waals surface area contributed by atoms with Crippen LogP contribution in [0.4, 0.5) is 0 Å². The molecule has 0 heterocycles. The maximum Gasteiger partial charge on any atom is 0.344 e. The lowest BCUT2D eigenvalue weighted by Crippen LogP contribution is -2.23. The largest absolute Gasteiger partial charge is 0.479 e. The first-order valence-corrected chi connectivity index (χ1v) is 5.72. The van der Waals surface area contributed by atoms with Gasteiger partial charge in [0.2, 0.25) is 0 Å². The van der Waals surface area contributed by atoms with Crippen LogP contribution in [0, 0.1) is 0 Å². The highest BCUT2D eigenvalue weighted by atomic mass is 16.5. The molecular formula is C15H14O3. The standard InChI is InChI=1S/C15H14O3/c1-11(15(16)17)18-14-10-6-5-9-13(14)12-7-3-2-4-8-12/h2-11H,1H3,(H,16,17)/t11-/m1/s1. The highest BCUT2D eigenvalue weighted by molar-refractivity contribution is 5.74. The van der Waals surface area contributed by atoms with Gasteiger partial charge in [0.05, 0.1) is 0 Å². The molecule has 92 valence electrons. The summed E-state index contributed by atoms with van der Waals surface area (Å²) in [5, 5.41) is 8.88. The van der Waals surface area contributed by atoms with Gasteiger partial charge in [0.15, 0.2) is 6.10 Å². The number of carboxylic acid groups (broad SMARTS) is 1. The highest BCUT2D eigenvalue weighted by Gasteiger charge is 2.14. The van der Waals surface area contributed by atoms with Gasteiger partial charge < -0.3 is 9.84 Å². The van der Waals surface area contributed by atoms with Gasteiger partial charge in [0.1, 0.15) is 5.75 Å². The van der Waals surface area contributed by atoms with E-state index in [2.05, 4.69) is 0 Å². The minimum Gasteiger partial charge on any atom is -0.479 e. The molecule has 0 aromatic heterocycles. The quantitative estimate of drug-likeness (QED) is 0.895. The summed E-state index contributed by atoms with van der Waals surface area (Å²) < 4.78 is 5.46. The molecule has 18 heavy (non-hydrogen) atoms. The topological polar surface area (TPSA) is 46.5 Å². The van der Waals surface area contributed by atoms with E-state index in [1.807, 2.05) is 48.5 Å². The molecule has 0 bridgehead atoms. The Labute approximate surface area is 106 Å². The number of ether oxygens (including phenoxy) is 1. The van der Waals surface area contributed by atoms with Gasteiger partial charge in [-0.2, -0.15) is 0 Å². The van der Waals surface area contributed by atoms with Crippen molar-refractivity contribution in [2.24, 2.45) is 0 Å². The number of aliphatic carboxylic acids is 1. The summed E-state index contributed by atoms with van der Waals surface area (Å²) in [6.45, 7) is 1.52. The summed E-state index contributed by atoms with van der Waals surface area (Å²) in [4.78, 5) is 10.8. The molecule has 0 aliphatic carbocycles. The van der Waals surface area contributed by atoms with E-state index in [0.29, 0.717) is 5.75 Å². The van der Waals surface area contributed by atoms with Crippen LogP contribution in [0.25, 0.3) is 11.1 Å². The SMILES string of the molecule is C[C@@H](Oc1ccccc1-c1ccccc1)C(=O)O. The Bertz CT molecular complexity index is 534. The van der Waals surface area contributed by atoms with Crippen LogP contribution in [0.3, 0.4) is 0 Å². The Balaban J connectivity index is 2.35. The zero-order valence-corrected chi connectivity index (χ0v) is 10.0. The van der Waals surface area contributed by atoms with Gasteiger partial charge in [-0.05, 0) is 18.6 Å². The van der Waals surface area contributed by atoms with Crippen molar-refractivity contribution in [3.8, 4) is 16.9 Å². The maximum absolute atomic E-state index is 10.8. The lowest BCUT2D eigenvalue weighted by Gasteiger charge is -2.14. The number of carboxylic acids is 1. The number of hydrogen-bond donors (Lipinski definition) is 1. The van der Waals surface area contributed by atoms with Crippen LogP contribution in [0.1, 0.15) is 6.92 Å². The summed E-state index contributed by atoms with van der Waals surface area (Å²) >= 11 is 0. The van der Waals surface area contributed by atoms with Crippen molar-refractivity contribution in [3.63, 3.8) is 0 Å². The zero-order valence-electron chi connectivity index (χ0n) is 10.0. The summed E-state index contributed by atoms with van der Waals surface area (Å²) in [6.07, 6.45) is -0.866. The van der Waals surface area contributed by atoms with Crippen LogP contribution < -0.4 is 4.74 Å². The summed E-state index contributed by atoms with van der Waals surface area (Å²) in [5.41, 5.74) is 1.90. The third kappa shape index (κ3) is 2.69. The van der Waals surface area contributed by atoms with Crippen molar-refractivity contribution in [3.05, 3.63) is 54.6 Å². The van der Waals surface area contributed by atoms with Crippen LogP contribution in [-0.2, 0) is 4.79 Å². The van der Waals surface area contributed by atoms with Crippen molar-refractivity contribution >= 4 is 5.97 Å². The molecule has 0 radical (unpaired) electrons.